The molecule has 8 heteroatoms. The second kappa shape index (κ2) is 11.3. The Balaban J connectivity index is 2.14. The quantitative estimate of drug-likeness (QED) is 0.267. The number of hydrogen-bond donors (Lipinski definition) is 0. The Bertz CT molecular complexity index is 1010. The Kier molecular flexibility index (Phi) is 8.47. The molecule has 0 bridgehead atoms. The number of methoxy groups -OCH3 is 2. The molecule has 8 nitrogen and oxygen atoms in total. The largest absolute Gasteiger partial charge is 0.493 e. The molecule has 0 aliphatic rings. The summed E-state index contributed by atoms with van der Waals surface area (Å²) in [6, 6.07) is 9.13. The number of hydrogen-bond acceptors (Lipinski definition) is 8. The average molecular weight is 438 g/mol. The van der Waals surface area contributed by atoms with E-state index < -0.39 is 11.9 Å². The molecule has 0 aliphatic carbocycles. The molecule has 0 amide bonds. The van der Waals surface area contributed by atoms with Crippen molar-refractivity contribution >= 4 is 35.7 Å². The van der Waals surface area contributed by atoms with Gasteiger partial charge in [0, 0.05) is 0 Å². The molecule has 166 valence electrons. The van der Waals surface area contributed by atoms with E-state index in [9.17, 15) is 19.2 Å². The SMILES string of the molecule is COc1cc(/C=C/C(C)=O)ccc1OC(=O)C(=O)Oc1ccc(/C=C/C(C)=O)cc1OC. The molecule has 0 saturated carbocycles. The predicted octanol–water partition coefficient (Wildman–Crippen LogP) is 3.42. The minimum absolute atomic E-state index is 0.00566. The van der Waals surface area contributed by atoms with Crippen LogP contribution in [-0.4, -0.2) is 37.7 Å². The fraction of sp³-hybridized carbons (Fsp3) is 0.167. The van der Waals surface area contributed by atoms with Crippen LogP contribution < -0.4 is 18.9 Å². The van der Waals surface area contributed by atoms with E-state index in [2.05, 4.69) is 0 Å². The lowest BCUT2D eigenvalue weighted by atomic mass is 10.1. The summed E-state index contributed by atoms with van der Waals surface area (Å²) < 4.78 is 20.6. The number of carbonyl (C=O) groups is 4. The van der Waals surface area contributed by atoms with Gasteiger partial charge in [-0.1, -0.05) is 24.3 Å². The summed E-state index contributed by atoms with van der Waals surface area (Å²) >= 11 is 0. The summed E-state index contributed by atoms with van der Waals surface area (Å²) in [5.41, 5.74) is 1.28. The maximum Gasteiger partial charge on any atom is 0.423 e. The third-order valence-electron chi connectivity index (χ3n) is 3.97. The fourth-order valence-electron chi connectivity index (χ4n) is 2.45. The molecule has 2 aromatic rings. The molecule has 0 saturated heterocycles. The summed E-state index contributed by atoms with van der Waals surface area (Å²) in [7, 11) is 2.74. The lowest BCUT2D eigenvalue weighted by molar-refractivity contribution is -0.156. The smallest absolute Gasteiger partial charge is 0.423 e. The topological polar surface area (TPSA) is 105 Å². The van der Waals surface area contributed by atoms with Gasteiger partial charge in [0.15, 0.2) is 34.6 Å². The molecule has 0 N–H and O–H groups in total. The molecule has 32 heavy (non-hydrogen) atoms. The summed E-state index contributed by atoms with van der Waals surface area (Å²) in [6.07, 6.45) is 5.91. The number of allylic oxidation sites excluding steroid dienone is 2. The van der Waals surface area contributed by atoms with Gasteiger partial charge in [-0.2, -0.15) is 0 Å². The van der Waals surface area contributed by atoms with Crippen molar-refractivity contribution in [3.63, 3.8) is 0 Å². The van der Waals surface area contributed by atoms with Crippen molar-refractivity contribution in [1.29, 1.82) is 0 Å². The first-order valence-corrected chi connectivity index (χ1v) is 9.41. The molecule has 0 aliphatic heterocycles. The Hall–Kier alpha value is -4.20. The molecule has 2 rings (SSSR count). The van der Waals surface area contributed by atoms with Gasteiger partial charge in [-0.25, -0.2) is 9.59 Å². The Morgan fingerprint density at radius 1 is 0.625 bits per heavy atom. The highest BCUT2D eigenvalue weighted by Crippen LogP contribution is 2.30. The zero-order valence-corrected chi connectivity index (χ0v) is 18.0. The van der Waals surface area contributed by atoms with Crippen LogP contribution in [0, 0.1) is 0 Å². The third kappa shape index (κ3) is 6.94. The summed E-state index contributed by atoms with van der Waals surface area (Å²) in [4.78, 5) is 46.6. The standard InChI is InChI=1S/C24H22O8/c1-15(25)5-7-17-9-11-19(21(13-17)29-3)31-23(27)24(28)32-20-12-10-18(8-6-16(2)26)14-22(20)30-4/h5-14H,1-4H3/b7-5+,8-6+. The average Bonchev–Trinajstić information content (AvgIpc) is 2.77. The number of esters is 2. The van der Waals surface area contributed by atoms with Crippen LogP contribution in [0.2, 0.25) is 0 Å². The fourth-order valence-corrected chi connectivity index (χ4v) is 2.45. The highest BCUT2D eigenvalue weighted by atomic mass is 16.6. The maximum absolute atomic E-state index is 12.2. The molecule has 0 heterocycles. The predicted molar refractivity (Wildman–Crippen MR) is 117 cm³/mol. The van der Waals surface area contributed by atoms with Crippen LogP contribution in [0.15, 0.2) is 48.6 Å². The van der Waals surface area contributed by atoms with E-state index in [0.29, 0.717) is 11.1 Å². The van der Waals surface area contributed by atoms with Crippen LogP contribution in [0.25, 0.3) is 12.2 Å². The first-order valence-electron chi connectivity index (χ1n) is 9.41. The summed E-state index contributed by atoms with van der Waals surface area (Å²) in [5.74, 6) is -2.39. The van der Waals surface area contributed by atoms with Crippen molar-refractivity contribution in [1.82, 2.24) is 0 Å². The second-order valence-corrected chi connectivity index (χ2v) is 6.49. The zero-order valence-electron chi connectivity index (χ0n) is 18.0. The number of benzene rings is 2. The van der Waals surface area contributed by atoms with Crippen LogP contribution in [-0.2, 0) is 19.2 Å². The minimum atomic E-state index is -1.27. The van der Waals surface area contributed by atoms with Crippen LogP contribution in [0.5, 0.6) is 23.0 Å². The van der Waals surface area contributed by atoms with Gasteiger partial charge < -0.3 is 18.9 Å². The van der Waals surface area contributed by atoms with Crippen molar-refractivity contribution in [3.8, 4) is 23.0 Å². The van der Waals surface area contributed by atoms with E-state index in [0.717, 1.165) is 0 Å². The molecular weight excluding hydrogens is 416 g/mol. The molecular formula is C24H22O8. The van der Waals surface area contributed by atoms with Gasteiger partial charge in [-0.3, -0.25) is 9.59 Å². The Morgan fingerprint density at radius 3 is 1.31 bits per heavy atom. The minimum Gasteiger partial charge on any atom is -0.493 e. The van der Waals surface area contributed by atoms with Gasteiger partial charge in [0.1, 0.15) is 0 Å². The number of carbonyl (C=O) groups excluding carboxylic acids is 4. The Morgan fingerprint density at radius 2 is 1.00 bits per heavy atom. The Labute approximate surface area is 185 Å². The second-order valence-electron chi connectivity index (χ2n) is 6.49. The van der Waals surface area contributed by atoms with E-state index in [-0.39, 0.29) is 34.6 Å². The monoisotopic (exact) mass is 438 g/mol. The molecule has 0 fully saturated rings. The van der Waals surface area contributed by atoms with Gasteiger partial charge in [0.05, 0.1) is 14.2 Å². The van der Waals surface area contributed by atoms with E-state index >= 15 is 0 Å². The van der Waals surface area contributed by atoms with Crippen LogP contribution in [0.3, 0.4) is 0 Å². The van der Waals surface area contributed by atoms with Gasteiger partial charge in [0.25, 0.3) is 0 Å². The zero-order chi connectivity index (χ0) is 23.7. The van der Waals surface area contributed by atoms with Crippen molar-refractivity contribution < 1.29 is 38.1 Å². The van der Waals surface area contributed by atoms with Crippen LogP contribution in [0.1, 0.15) is 25.0 Å². The lowest BCUT2D eigenvalue weighted by Gasteiger charge is -2.11. The van der Waals surface area contributed by atoms with Gasteiger partial charge in [-0.05, 0) is 61.4 Å². The van der Waals surface area contributed by atoms with Crippen molar-refractivity contribution in [2.24, 2.45) is 0 Å². The molecule has 0 spiro atoms. The third-order valence-corrected chi connectivity index (χ3v) is 3.97. The van der Waals surface area contributed by atoms with E-state index in [1.54, 1.807) is 36.4 Å². The van der Waals surface area contributed by atoms with Crippen molar-refractivity contribution in [2.75, 3.05) is 14.2 Å². The van der Waals surface area contributed by atoms with Crippen LogP contribution >= 0.6 is 0 Å². The molecule has 0 aromatic heterocycles. The number of ether oxygens (including phenoxy) is 4. The summed E-state index contributed by atoms with van der Waals surface area (Å²) in [5, 5.41) is 0. The van der Waals surface area contributed by atoms with Gasteiger partial charge in [0.2, 0.25) is 0 Å². The first kappa shape index (κ1) is 24.1. The normalized spacial score (nSPS) is 10.8. The number of rotatable bonds is 8. The maximum atomic E-state index is 12.2. The molecule has 0 radical (unpaired) electrons. The first-order chi connectivity index (χ1) is 15.2. The highest BCUT2D eigenvalue weighted by Gasteiger charge is 2.23. The van der Waals surface area contributed by atoms with E-state index in [4.69, 9.17) is 18.9 Å². The van der Waals surface area contributed by atoms with Gasteiger partial charge >= 0.3 is 11.9 Å². The molecule has 2 aromatic carbocycles. The highest BCUT2D eigenvalue weighted by molar-refractivity contribution is 6.31. The summed E-state index contributed by atoms with van der Waals surface area (Å²) in [6.45, 7) is 2.84. The van der Waals surface area contributed by atoms with Crippen LogP contribution in [0.4, 0.5) is 0 Å². The molecule has 0 unspecified atom stereocenters. The van der Waals surface area contributed by atoms with Crippen molar-refractivity contribution in [3.05, 3.63) is 59.7 Å². The molecule has 0 atom stereocenters. The lowest BCUT2D eigenvalue weighted by Crippen LogP contribution is -2.25. The number of ketones is 2. The van der Waals surface area contributed by atoms with E-state index in [1.807, 2.05) is 0 Å². The van der Waals surface area contributed by atoms with Gasteiger partial charge in [-0.15, -0.1) is 0 Å². The van der Waals surface area contributed by atoms with Crippen molar-refractivity contribution in [2.45, 2.75) is 13.8 Å². The van der Waals surface area contributed by atoms with E-state index in [1.165, 1.54) is 52.4 Å².